The maximum absolute atomic E-state index is 8.59. The van der Waals surface area contributed by atoms with Gasteiger partial charge in [0.25, 0.3) is 0 Å². The second kappa shape index (κ2) is 4.72. The van der Waals surface area contributed by atoms with E-state index in [4.69, 9.17) is 10.8 Å². The fourth-order valence-electron chi connectivity index (χ4n) is 1.15. The van der Waals surface area contributed by atoms with Gasteiger partial charge in [0.15, 0.2) is 0 Å². The van der Waals surface area contributed by atoms with Crippen molar-refractivity contribution in [1.29, 1.82) is 0 Å². The van der Waals surface area contributed by atoms with Crippen LogP contribution in [0.1, 0.15) is 12.0 Å². The molecule has 0 bridgehead atoms. The van der Waals surface area contributed by atoms with Crippen molar-refractivity contribution >= 4 is 11.4 Å². The molecule has 1 aromatic rings. The van der Waals surface area contributed by atoms with E-state index < -0.39 is 0 Å². The van der Waals surface area contributed by atoms with Crippen molar-refractivity contribution in [2.75, 3.05) is 24.2 Å². The molecular formula is C10H16N2O. The van der Waals surface area contributed by atoms with Gasteiger partial charge in [0.1, 0.15) is 0 Å². The molecule has 0 radical (unpaired) electrons. The maximum Gasteiger partial charge on any atom is 0.0574 e. The molecule has 0 amide bonds. The molecule has 4 N–H and O–H groups in total. The van der Waals surface area contributed by atoms with Crippen LogP contribution in [0.4, 0.5) is 11.4 Å². The summed E-state index contributed by atoms with van der Waals surface area (Å²) in [5.41, 5.74) is 8.64. The highest BCUT2D eigenvalue weighted by Crippen LogP contribution is 2.18. The fraction of sp³-hybridized carbons (Fsp3) is 0.400. The first-order valence-electron chi connectivity index (χ1n) is 4.45. The van der Waals surface area contributed by atoms with E-state index in [1.165, 1.54) is 0 Å². The van der Waals surface area contributed by atoms with Crippen LogP contribution in [-0.4, -0.2) is 18.3 Å². The first kappa shape index (κ1) is 9.86. The van der Waals surface area contributed by atoms with Crippen molar-refractivity contribution in [2.24, 2.45) is 0 Å². The number of aliphatic hydroxyl groups is 1. The van der Waals surface area contributed by atoms with Crippen molar-refractivity contribution in [1.82, 2.24) is 0 Å². The third kappa shape index (κ3) is 2.95. The summed E-state index contributed by atoms with van der Waals surface area (Å²) in [7, 11) is 0. The predicted octanol–water partition coefficient (Wildman–Crippen LogP) is 1.37. The molecule has 0 aliphatic rings. The monoisotopic (exact) mass is 180 g/mol. The first-order chi connectivity index (χ1) is 6.24. The molecule has 0 aliphatic heterocycles. The normalized spacial score (nSPS) is 10.0. The van der Waals surface area contributed by atoms with E-state index in [0.29, 0.717) is 0 Å². The van der Waals surface area contributed by atoms with E-state index in [1.54, 1.807) is 0 Å². The summed E-state index contributed by atoms with van der Waals surface area (Å²) in [5, 5.41) is 11.7. The van der Waals surface area contributed by atoms with E-state index in [0.717, 1.165) is 29.9 Å². The molecule has 3 heteroatoms. The van der Waals surface area contributed by atoms with Gasteiger partial charge in [-0.1, -0.05) is 6.07 Å². The Labute approximate surface area is 78.6 Å². The Hall–Kier alpha value is -1.22. The zero-order valence-electron chi connectivity index (χ0n) is 7.88. The van der Waals surface area contributed by atoms with Gasteiger partial charge in [-0.15, -0.1) is 0 Å². The molecule has 0 atom stereocenters. The van der Waals surface area contributed by atoms with E-state index in [1.807, 2.05) is 25.1 Å². The zero-order valence-corrected chi connectivity index (χ0v) is 7.88. The summed E-state index contributed by atoms with van der Waals surface area (Å²) < 4.78 is 0. The third-order valence-electron chi connectivity index (χ3n) is 1.86. The van der Waals surface area contributed by atoms with Gasteiger partial charge >= 0.3 is 0 Å². The Morgan fingerprint density at radius 2 is 2.23 bits per heavy atom. The van der Waals surface area contributed by atoms with Crippen molar-refractivity contribution < 1.29 is 5.11 Å². The Balaban J connectivity index is 2.56. The number of aliphatic hydroxyl groups excluding tert-OH is 1. The quantitative estimate of drug-likeness (QED) is 0.484. The van der Waals surface area contributed by atoms with Gasteiger partial charge in [0.2, 0.25) is 0 Å². The predicted molar refractivity (Wildman–Crippen MR) is 55.8 cm³/mol. The van der Waals surface area contributed by atoms with Gasteiger partial charge in [0, 0.05) is 13.2 Å². The van der Waals surface area contributed by atoms with Gasteiger partial charge in [0.05, 0.1) is 11.4 Å². The second-order valence-corrected chi connectivity index (χ2v) is 3.09. The molecule has 0 aromatic heterocycles. The molecular weight excluding hydrogens is 164 g/mol. The number of hydrogen-bond acceptors (Lipinski definition) is 3. The smallest absolute Gasteiger partial charge is 0.0574 e. The second-order valence-electron chi connectivity index (χ2n) is 3.09. The molecule has 1 aromatic carbocycles. The molecule has 3 nitrogen and oxygen atoms in total. The van der Waals surface area contributed by atoms with Crippen molar-refractivity contribution in [3.63, 3.8) is 0 Å². The van der Waals surface area contributed by atoms with Gasteiger partial charge in [-0.2, -0.15) is 0 Å². The molecule has 0 spiro atoms. The summed E-state index contributed by atoms with van der Waals surface area (Å²) in [5.74, 6) is 0. The summed E-state index contributed by atoms with van der Waals surface area (Å²) in [6, 6.07) is 5.90. The van der Waals surface area contributed by atoms with E-state index in [-0.39, 0.29) is 6.61 Å². The Bertz CT molecular complexity index is 274. The standard InChI is InChI=1S/C10H16N2O/c1-8-3-4-10(9(11)7-8)12-5-2-6-13/h3-4,7,12-13H,2,5-6,11H2,1H3. The molecule has 0 saturated heterocycles. The molecule has 0 aliphatic carbocycles. The summed E-state index contributed by atoms with van der Waals surface area (Å²) in [6.07, 6.45) is 0.743. The van der Waals surface area contributed by atoms with E-state index >= 15 is 0 Å². The zero-order chi connectivity index (χ0) is 9.68. The largest absolute Gasteiger partial charge is 0.397 e. The van der Waals surface area contributed by atoms with Crippen molar-refractivity contribution in [3.05, 3.63) is 23.8 Å². The van der Waals surface area contributed by atoms with E-state index in [2.05, 4.69) is 5.32 Å². The van der Waals surface area contributed by atoms with Gasteiger partial charge in [-0.25, -0.2) is 0 Å². The SMILES string of the molecule is Cc1ccc(NCCCO)c(N)c1. The summed E-state index contributed by atoms with van der Waals surface area (Å²) in [4.78, 5) is 0. The number of anilines is 2. The topological polar surface area (TPSA) is 58.3 Å². The Kier molecular flexibility index (Phi) is 3.58. The highest BCUT2D eigenvalue weighted by molar-refractivity contribution is 5.66. The number of aryl methyl sites for hydroxylation is 1. The third-order valence-corrected chi connectivity index (χ3v) is 1.86. The molecule has 72 valence electrons. The molecule has 1 rings (SSSR count). The number of nitrogens with two attached hydrogens (primary N) is 1. The number of nitrogens with one attached hydrogen (secondary N) is 1. The van der Waals surface area contributed by atoms with E-state index in [9.17, 15) is 0 Å². The van der Waals surface area contributed by atoms with Gasteiger partial charge < -0.3 is 16.2 Å². The summed E-state index contributed by atoms with van der Waals surface area (Å²) >= 11 is 0. The van der Waals surface area contributed by atoms with Crippen LogP contribution in [0.15, 0.2) is 18.2 Å². The number of nitrogen functional groups attached to an aromatic ring is 1. The van der Waals surface area contributed by atoms with Crippen molar-refractivity contribution in [2.45, 2.75) is 13.3 Å². The lowest BCUT2D eigenvalue weighted by Crippen LogP contribution is -2.05. The number of rotatable bonds is 4. The summed E-state index contributed by atoms with van der Waals surface area (Å²) in [6.45, 7) is 2.97. The van der Waals surface area contributed by atoms with Crippen LogP contribution < -0.4 is 11.1 Å². The lowest BCUT2D eigenvalue weighted by atomic mass is 10.2. The minimum atomic E-state index is 0.207. The molecule has 0 saturated carbocycles. The number of benzene rings is 1. The average Bonchev–Trinajstić information content (AvgIpc) is 2.09. The first-order valence-corrected chi connectivity index (χ1v) is 4.45. The van der Waals surface area contributed by atoms with Crippen LogP contribution in [0.5, 0.6) is 0 Å². The Morgan fingerprint density at radius 1 is 1.46 bits per heavy atom. The molecule has 0 unspecified atom stereocenters. The molecule has 0 heterocycles. The van der Waals surface area contributed by atoms with Crippen LogP contribution in [0.2, 0.25) is 0 Å². The minimum Gasteiger partial charge on any atom is -0.397 e. The maximum atomic E-state index is 8.59. The fourth-order valence-corrected chi connectivity index (χ4v) is 1.15. The van der Waals surface area contributed by atoms with Crippen LogP contribution in [0, 0.1) is 6.92 Å². The van der Waals surface area contributed by atoms with Crippen LogP contribution in [-0.2, 0) is 0 Å². The number of hydrogen-bond donors (Lipinski definition) is 3. The van der Waals surface area contributed by atoms with Crippen LogP contribution in [0.3, 0.4) is 0 Å². The highest BCUT2D eigenvalue weighted by Gasteiger charge is 1.96. The van der Waals surface area contributed by atoms with Crippen LogP contribution in [0.25, 0.3) is 0 Å². The van der Waals surface area contributed by atoms with Crippen molar-refractivity contribution in [3.8, 4) is 0 Å². The lowest BCUT2D eigenvalue weighted by Gasteiger charge is -2.08. The molecule has 13 heavy (non-hydrogen) atoms. The van der Waals surface area contributed by atoms with Gasteiger partial charge in [-0.3, -0.25) is 0 Å². The van der Waals surface area contributed by atoms with Gasteiger partial charge in [-0.05, 0) is 31.0 Å². The average molecular weight is 180 g/mol. The van der Waals surface area contributed by atoms with Crippen LogP contribution >= 0.6 is 0 Å². The lowest BCUT2D eigenvalue weighted by molar-refractivity contribution is 0.292. The Morgan fingerprint density at radius 3 is 2.85 bits per heavy atom. The minimum absolute atomic E-state index is 0.207. The highest BCUT2D eigenvalue weighted by atomic mass is 16.3. The molecule has 0 fully saturated rings.